The predicted molar refractivity (Wildman–Crippen MR) is 116 cm³/mol. The van der Waals surface area contributed by atoms with Crippen LogP contribution in [0.5, 0.6) is 0 Å². The van der Waals surface area contributed by atoms with Crippen molar-refractivity contribution in [1.29, 1.82) is 0 Å². The molecule has 0 atom stereocenters. The molecule has 0 aliphatic heterocycles. The van der Waals surface area contributed by atoms with E-state index in [0.29, 0.717) is 16.9 Å². The van der Waals surface area contributed by atoms with E-state index < -0.39 is 18.5 Å². The smallest absolute Gasteiger partial charge is 0.340 e. The number of ether oxygens (including phenoxy) is 1. The number of anilines is 2. The summed E-state index contributed by atoms with van der Waals surface area (Å²) in [6.07, 6.45) is 0. The van der Waals surface area contributed by atoms with E-state index in [2.05, 4.69) is 10.6 Å². The highest BCUT2D eigenvalue weighted by Crippen LogP contribution is 2.18. The molecular formula is C24H22N2O4. The van der Waals surface area contributed by atoms with Crippen LogP contribution < -0.4 is 10.6 Å². The summed E-state index contributed by atoms with van der Waals surface area (Å²) >= 11 is 0. The van der Waals surface area contributed by atoms with E-state index in [9.17, 15) is 14.4 Å². The Morgan fingerprint density at radius 2 is 1.43 bits per heavy atom. The Bertz CT molecular complexity index is 1060. The zero-order valence-corrected chi connectivity index (χ0v) is 16.8. The number of para-hydroxylation sites is 1. The molecule has 6 heteroatoms. The average molecular weight is 402 g/mol. The summed E-state index contributed by atoms with van der Waals surface area (Å²) in [5.74, 6) is -1.49. The molecular weight excluding hydrogens is 380 g/mol. The van der Waals surface area contributed by atoms with Gasteiger partial charge in [0.2, 0.25) is 0 Å². The lowest BCUT2D eigenvalue weighted by molar-refractivity contribution is -0.119. The fourth-order valence-corrected chi connectivity index (χ4v) is 3.01. The molecule has 0 spiro atoms. The number of benzene rings is 3. The molecule has 6 nitrogen and oxygen atoms in total. The third kappa shape index (κ3) is 5.54. The number of carbonyl (C=O) groups is 3. The van der Waals surface area contributed by atoms with Gasteiger partial charge in [0.05, 0.1) is 11.3 Å². The van der Waals surface area contributed by atoms with Crippen molar-refractivity contribution < 1.29 is 19.1 Å². The van der Waals surface area contributed by atoms with Crippen LogP contribution >= 0.6 is 0 Å². The minimum Gasteiger partial charge on any atom is -0.452 e. The SMILES string of the molecule is Cc1cc(C)cc(NC(=O)COC(=O)c2ccccc2NC(=O)c2ccccc2)c1. The number of esters is 1. The molecule has 152 valence electrons. The number of amides is 2. The van der Waals surface area contributed by atoms with Crippen LogP contribution in [0, 0.1) is 13.8 Å². The van der Waals surface area contributed by atoms with Crippen LogP contribution in [0.25, 0.3) is 0 Å². The van der Waals surface area contributed by atoms with Gasteiger partial charge >= 0.3 is 5.97 Å². The number of carbonyl (C=O) groups excluding carboxylic acids is 3. The molecule has 0 saturated carbocycles. The van der Waals surface area contributed by atoms with Crippen molar-refractivity contribution in [1.82, 2.24) is 0 Å². The fourth-order valence-electron chi connectivity index (χ4n) is 3.01. The van der Waals surface area contributed by atoms with Crippen LogP contribution in [-0.2, 0) is 9.53 Å². The first-order valence-electron chi connectivity index (χ1n) is 9.43. The van der Waals surface area contributed by atoms with Crippen molar-refractivity contribution in [2.45, 2.75) is 13.8 Å². The highest BCUT2D eigenvalue weighted by Gasteiger charge is 2.16. The Morgan fingerprint density at radius 1 is 0.800 bits per heavy atom. The number of hydrogen-bond donors (Lipinski definition) is 2. The van der Waals surface area contributed by atoms with Gasteiger partial charge in [-0.15, -0.1) is 0 Å². The van der Waals surface area contributed by atoms with Gasteiger partial charge in [0.15, 0.2) is 6.61 Å². The minimum atomic E-state index is -0.700. The van der Waals surface area contributed by atoms with Gasteiger partial charge in [-0.3, -0.25) is 9.59 Å². The molecule has 3 aromatic rings. The molecule has 0 bridgehead atoms. The lowest BCUT2D eigenvalue weighted by atomic mass is 10.1. The third-order valence-corrected chi connectivity index (χ3v) is 4.27. The van der Waals surface area contributed by atoms with Gasteiger partial charge in [-0.2, -0.15) is 0 Å². The Balaban J connectivity index is 1.63. The summed E-state index contributed by atoms with van der Waals surface area (Å²) in [5, 5.41) is 5.42. The van der Waals surface area contributed by atoms with E-state index in [0.717, 1.165) is 11.1 Å². The number of aryl methyl sites for hydroxylation is 2. The lowest BCUT2D eigenvalue weighted by Gasteiger charge is -2.11. The maximum atomic E-state index is 12.5. The molecule has 0 saturated heterocycles. The maximum absolute atomic E-state index is 12.5. The first-order valence-corrected chi connectivity index (χ1v) is 9.43. The molecule has 3 aromatic carbocycles. The summed E-state index contributed by atoms with van der Waals surface area (Å²) in [6, 6.07) is 20.8. The molecule has 0 heterocycles. The van der Waals surface area contributed by atoms with Crippen LogP contribution in [0.2, 0.25) is 0 Å². The van der Waals surface area contributed by atoms with Gasteiger partial charge in [0, 0.05) is 11.3 Å². The highest BCUT2D eigenvalue weighted by atomic mass is 16.5. The van der Waals surface area contributed by atoms with Crippen LogP contribution in [0.3, 0.4) is 0 Å². The van der Waals surface area contributed by atoms with E-state index in [1.807, 2.05) is 38.1 Å². The standard InChI is InChI=1S/C24H22N2O4/c1-16-12-17(2)14-19(13-16)25-22(27)15-30-24(29)20-10-6-7-11-21(20)26-23(28)18-8-4-3-5-9-18/h3-14H,15H2,1-2H3,(H,25,27)(H,26,28). The molecule has 0 unspecified atom stereocenters. The van der Waals surface area contributed by atoms with Crippen LogP contribution in [0.15, 0.2) is 72.8 Å². The van der Waals surface area contributed by atoms with E-state index in [4.69, 9.17) is 4.74 Å². The van der Waals surface area contributed by atoms with Crippen LogP contribution in [-0.4, -0.2) is 24.4 Å². The average Bonchev–Trinajstić information content (AvgIpc) is 2.72. The maximum Gasteiger partial charge on any atom is 0.340 e. The topological polar surface area (TPSA) is 84.5 Å². The Morgan fingerprint density at radius 3 is 2.13 bits per heavy atom. The third-order valence-electron chi connectivity index (χ3n) is 4.27. The van der Waals surface area contributed by atoms with Crippen molar-refractivity contribution in [2.24, 2.45) is 0 Å². The minimum absolute atomic E-state index is 0.168. The summed E-state index contributed by atoms with van der Waals surface area (Å²) < 4.78 is 5.15. The summed E-state index contributed by atoms with van der Waals surface area (Å²) in [4.78, 5) is 37.0. The van der Waals surface area contributed by atoms with Crippen molar-refractivity contribution in [3.05, 3.63) is 95.1 Å². The van der Waals surface area contributed by atoms with Gasteiger partial charge in [-0.05, 0) is 61.4 Å². The molecule has 3 rings (SSSR count). The monoisotopic (exact) mass is 402 g/mol. The van der Waals surface area contributed by atoms with E-state index in [1.165, 1.54) is 6.07 Å². The number of hydrogen-bond acceptors (Lipinski definition) is 4. The second-order valence-corrected chi connectivity index (χ2v) is 6.87. The van der Waals surface area contributed by atoms with Crippen LogP contribution in [0.1, 0.15) is 31.8 Å². The summed E-state index contributed by atoms with van der Waals surface area (Å²) in [5.41, 5.74) is 3.63. The number of rotatable bonds is 6. The normalized spacial score (nSPS) is 10.2. The fraction of sp³-hybridized carbons (Fsp3) is 0.125. The van der Waals surface area contributed by atoms with E-state index >= 15 is 0 Å². The van der Waals surface area contributed by atoms with Crippen molar-refractivity contribution in [2.75, 3.05) is 17.2 Å². The molecule has 0 aliphatic rings. The molecule has 2 N–H and O–H groups in total. The Kier molecular flexibility index (Phi) is 6.60. The molecule has 0 aromatic heterocycles. The Labute approximate surface area is 174 Å². The summed E-state index contributed by atoms with van der Waals surface area (Å²) in [6.45, 7) is 3.43. The lowest BCUT2D eigenvalue weighted by Crippen LogP contribution is -2.22. The number of nitrogens with one attached hydrogen (secondary N) is 2. The van der Waals surface area contributed by atoms with E-state index in [1.54, 1.807) is 42.5 Å². The molecule has 30 heavy (non-hydrogen) atoms. The van der Waals surface area contributed by atoms with Gasteiger partial charge in [-0.25, -0.2) is 4.79 Å². The van der Waals surface area contributed by atoms with Crippen molar-refractivity contribution in [3.63, 3.8) is 0 Å². The first-order chi connectivity index (χ1) is 14.4. The highest BCUT2D eigenvalue weighted by molar-refractivity contribution is 6.08. The molecule has 0 aliphatic carbocycles. The first kappa shape index (κ1) is 20.8. The van der Waals surface area contributed by atoms with Gasteiger partial charge in [0.25, 0.3) is 11.8 Å². The quantitative estimate of drug-likeness (QED) is 0.601. The molecule has 0 radical (unpaired) electrons. The van der Waals surface area contributed by atoms with Crippen molar-refractivity contribution in [3.8, 4) is 0 Å². The van der Waals surface area contributed by atoms with Crippen molar-refractivity contribution >= 4 is 29.2 Å². The van der Waals surface area contributed by atoms with Gasteiger partial charge in [0.1, 0.15) is 0 Å². The second-order valence-electron chi connectivity index (χ2n) is 6.87. The summed E-state index contributed by atoms with van der Waals surface area (Å²) in [7, 11) is 0. The van der Waals surface area contributed by atoms with E-state index in [-0.39, 0.29) is 11.5 Å². The zero-order valence-electron chi connectivity index (χ0n) is 16.8. The zero-order chi connectivity index (χ0) is 21.5. The predicted octanol–water partition coefficient (Wildman–Crippen LogP) is 4.35. The van der Waals surface area contributed by atoms with Crippen LogP contribution in [0.4, 0.5) is 11.4 Å². The Hall–Kier alpha value is -3.93. The van der Waals surface area contributed by atoms with Gasteiger partial charge < -0.3 is 15.4 Å². The molecule has 0 fully saturated rings. The largest absolute Gasteiger partial charge is 0.452 e. The molecule has 2 amide bonds. The second kappa shape index (κ2) is 9.52. The van der Waals surface area contributed by atoms with Gasteiger partial charge in [-0.1, -0.05) is 36.4 Å².